The molecule has 0 aliphatic rings. The molecular formula is C8H12NNaO3S. The molecule has 0 radical (unpaired) electrons. The van der Waals surface area contributed by atoms with Gasteiger partial charge < -0.3 is 7.16 Å². The molecule has 4 nitrogen and oxygen atoms in total. The van der Waals surface area contributed by atoms with Gasteiger partial charge in [-0.3, -0.25) is 4.18 Å². The van der Waals surface area contributed by atoms with E-state index in [2.05, 4.69) is 4.18 Å². The van der Waals surface area contributed by atoms with Crippen LogP contribution >= 0.6 is 0 Å². The quantitative estimate of drug-likeness (QED) is 0.371. The Kier molecular flexibility index (Phi) is 5.70. The molecule has 0 atom stereocenters. The molecule has 0 amide bonds. The average Bonchev–Trinajstić information content (AvgIpc) is 2.04. The summed E-state index contributed by atoms with van der Waals surface area (Å²) in [6, 6.07) is 6.20. The minimum Gasteiger partial charge on any atom is -1.00 e. The topological polar surface area (TPSA) is 69.4 Å². The maximum absolute atomic E-state index is 11.4. The van der Waals surface area contributed by atoms with Crippen molar-refractivity contribution in [3.8, 4) is 0 Å². The fourth-order valence-corrected chi connectivity index (χ4v) is 1.97. The molecule has 0 fully saturated rings. The van der Waals surface area contributed by atoms with Crippen molar-refractivity contribution in [2.24, 2.45) is 0 Å². The number of hydrogen-bond acceptors (Lipinski definition) is 4. The summed E-state index contributed by atoms with van der Waals surface area (Å²) in [5.74, 6) is 0. The maximum atomic E-state index is 11.4. The molecule has 0 saturated heterocycles. The average molecular weight is 225 g/mol. The van der Waals surface area contributed by atoms with E-state index in [1.807, 2.05) is 0 Å². The van der Waals surface area contributed by atoms with Gasteiger partial charge in [0.2, 0.25) is 0 Å². The molecule has 0 unspecified atom stereocenters. The predicted octanol–water partition coefficient (Wildman–Crippen LogP) is -1.89. The van der Waals surface area contributed by atoms with Crippen molar-refractivity contribution in [2.75, 3.05) is 12.3 Å². The van der Waals surface area contributed by atoms with Crippen LogP contribution in [0.15, 0.2) is 29.2 Å². The second-order valence-corrected chi connectivity index (χ2v) is 3.98. The van der Waals surface area contributed by atoms with E-state index in [1.165, 1.54) is 12.1 Å². The standard InChI is InChI=1S/C8H11NO3S.Na.H/c1-2-12-13(10,11)8-6-4-3-5-7(8)9;;/h3-6H,2,9H2,1H3;;/q;+1;-1. The van der Waals surface area contributed by atoms with Crippen molar-refractivity contribution >= 4 is 15.8 Å². The zero-order valence-corrected chi connectivity index (χ0v) is 11.0. The third-order valence-electron chi connectivity index (χ3n) is 1.46. The van der Waals surface area contributed by atoms with Crippen LogP contribution in [0.25, 0.3) is 0 Å². The van der Waals surface area contributed by atoms with Crippen LogP contribution in [0, 0.1) is 0 Å². The summed E-state index contributed by atoms with van der Waals surface area (Å²) in [5, 5.41) is 0. The van der Waals surface area contributed by atoms with E-state index in [-0.39, 0.29) is 48.2 Å². The normalized spacial score (nSPS) is 10.6. The number of benzene rings is 1. The van der Waals surface area contributed by atoms with Gasteiger partial charge in [0.15, 0.2) is 0 Å². The van der Waals surface area contributed by atoms with Crippen molar-refractivity contribution in [1.82, 2.24) is 0 Å². The van der Waals surface area contributed by atoms with Gasteiger partial charge in [-0.25, -0.2) is 0 Å². The molecule has 0 bridgehead atoms. The molecule has 2 N–H and O–H groups in total. The van der Waals surface area contributed by atoms with E-state index in [1.54, 1.807) is 19.1 Å². The van der Waals surface area contributed by atoms with E-state index < -0.39 is 10.1 Å². The minimum absolute atomic E-state index is 0. The molecule has 14 heavy (non-hydrogen) atoms. The van der Waals surface area contributed by atoms with Crippen LogP contribution in [0.1, 0.15) is 8.35 Å². The van der Waals surface area contributed by atoms with Crippen LogP contribution in [-0.2, 0) is 14.3 Å². The smallest absolute Gasteiger partial charge is 1.00 e. The van der Waals surface area contributed by atoms with Crippen LogP contribution in [0.2, 0.25) is 0 Å². The molecule has 0 aromatic heterocycles. The van der Waals surface area contributed by atoms with Crippen LogP contribution in [0.5, 0.6) is 0 Å². The Morgan fingerprint density at radius 3 is 2.50 bits per heavy atom. The molecule has 0 heterocycles. The molecule has 1 aromatic rings. The zero-order valence-electron chi connectivity index (χ0n) is 9.23. The summed E-state index contributed by atoms with van der Waals surface area (Å²) >= 11 is 0. The Morgan fingerprint density at radius 2 is 2.00 bits per heavy atom. The molecule has 6 heteroatoms. The SMILES string of the molecule is CCOS(=O)(=O)c1ccccc1N.[H-].[Na+]. The summed E-state index contributed by atoms with van der Waals surface area (Å²) in [6.45, 7) is 1.72. The Labute approximate surface area is 107 Å². The summed E-state index contributed by atoms with van der Waals surface area (Å²) in [6.07, 6.45) is 0. The van der Waals surface area contributed by atoms with Gasteiger partial charge in [0.1, 0.15) is 4.90 Å². The number of hydrogen-bond donors (Lipinski definition) is 1. The second-order valence-electron chi connectivity index (χ2n) is 2.40. The number of nitrogens with two attached hydrogens (primary N) is 1. The monoisotopic (exact) mass is 225 g/mol. The molecule has 0 saturated carbocycles. The fraction of sp³-hybridized carbons (Fsp3) is 0.250. The first-order chi connectivity index (χ1) is 6.08. The van der Waals surface area contributed by atoms with Gasteiger partial charge in [0, 0.05) is 0 Å². The summed E-state index contributed by atoms with van der Waals surface area (Å²) in [5.41, 5.74) is 5.68. The maximum Gasteiger partial charge on any atom is 1.00 e. The number of anilines is 1. The van der Waals surface area contributed by atoms with Crippen molar-refractivity contribution < 1.29 is 43.6 Å². The van der Waals surface area contributed by atoms with Gasteiger partial charge in [-0.1, -0.05) is 12.1 Å². The third kappa shape index (κ3) is 3.25. The van der Waals surface area contributed by atoms with Gasteiger partial charge in [-0.2, -0.15) is 8.42 Å². The fourth-order valence-electron chi connectivity index (χ4n) is 0.927. The summed E-state index contributed by atoms with van der Waals surface area (Å²) < 4.78 is 27.3. The number of rotatable bonds is 3. The summed E-state index contributed by atoms with van der Waals surface area (Å²) in [7, 11) is -3.67. The van der Waals surface area contributed by atoms with Crippen molar-refractivity contribution in [3.63, 3.8) is 0 Å². The molecule has 0 spiro atoms. The zero-order chi connectivity index (χ0) is 9.90. The van der Waals surface area contributed by atoms with Gasteiger partial charge in [0.25, 0.3) is 10.1 Å². The third-order valence-corrected chi connectivity index (χ3v) is 2.92. The largest absolute Gasteiger partial charge is 1.00 e. The molecule has 1 aromatic carbocycles. The Hall–Kier alpha value is -0.0700. The first-order valence-corrected chi connectivity index (χ1v) is 5.22. The summed E-state index contributed by atoms with van der Waals surface area (Å²) in [4.78, 5) is 0.0249. The van der Waals surface area contributed by atoms with E-state index in [0.717, 1.165) is 0 Å². The predicted molar refractivity (Wildman–Crippen MR) is 50.8 cm³/mol. The van der Waals surface area contributed by atoms with Gasteiger partial charge >= 0.3 is 29.6 Å². The van der Waals surface area contributed by atoms with Crippen molar-refractivity contribution in [3.05, 3.63) is 24.3 Å². The van der Waals surface area contributed by atoms with E-state index in [9.17, 15) is 8.42 Å². The molecule has 74 valence electrons. The van der Waals surface area contributed by atoms with Gasteiger partial charge in [-0.05, 0) is 19.1 Å². The van der Waals surface area contributed by atoms with Crippen molar-refractivity contribution in [1.29, 1.82) is 0 Å². The van der Waals surface area contributed by atoms with Crippen LogP contribution in [0.4, 0.5) is 5.69 Å². The molecule has 0 aliphatic heterocycles. The first kappa shape index (κ1) is 13.9. The van der Waals surface area contributed by atoms with E-state index in [4.69, 9.17) is 5.73 Å². The van der Waals surface area contributed by atoms with Crippen LogP contribution < -0.4 is 35.3 Å². The van der Waals surface area contributed by atoms with Gasteiger partial charge in [0.05, 0.1) is 12.3 Å². The van der Waals surface area contributed by atoms with E-state index in [0.29, 0.717) is 0 Å². The number of para-hydroxylation sites is 1. The van der Waals surface area contributed by atoms with Crippen LogP contribution in [-0.4, -0.2) is 15.0 Å². The second kappa shape index (κ2) is 5.72. The Bertz CT molecular complexity index is 397. The Balaban J connectivity index is 0. The van der Waals surface area contributed by atoms with Gasteiger partial charge in [-0.15, -0.1) is 0 Å². The van der Waals surface area contributed by atoms with Crippen molar-refractivity contribution in [2.45, 2.75) is 11.8 Å². The van der Waals surface area contributed by atoms with E-state index >= 15 is 0 Å². The molecule has 0 aliphatic carbocycles. The first-order valence-electron chi connectivity index (χ1n) is 3.82. The Morgan fingerprint density at radius 1 is 1.43 bits per heavy atom. The minimum atomic E-state index is -3.67. The number of nitrogen functional groups attached to an aromatic ring is 1. The molecule has 1 rings (SSSR count). The van der Waals surface area contributed by atoms with Crippen LogP contribution in [0.3, 0.4) is 0 Å². The molecular weight excluding hydrogens is 213 g/mol.